The molecule has 0 N–H and O–H groups in total. The summed E-state index contributed by atoms with van der Waals surface area (Å²) in [4.78, 5) is 0. The highest BCUT2D eigenvalue weighted by atomic mass is 28.3. The molecule has 0 amide bonds. The maximum Gasteiger partial charge on any atom is 0.533 e. The van der Waals surface area contributed by atoms with Crippen molar-refractivity contribution in [2.45, 2.75) is 26.4 Å². The molecule has 2 aromatic carbocycles. The predicted octanol–water partition coefficient (Wildman–Crippen LogP) is 4.28. The lowest BCUT2D eigenvalue weighted by Gasteiger charge is -2.28. The van der Waals surface area contributed by atoms with Crippen LogP contribution in [0.15, 0.2) is 54.6 Å². The molecule has 0 spiro atoms. The first-order valence-electron chi connectivity index (χ1n) is 7.54. The Morgan fingerprint density at radius 1 is 0.783 bits per heavy atom. The minimum absolute atomic E-state index is 0.214. The second-order valence-corrected chi connectivity index (χ2v) is 7.85. The van der Waals surface area contributed by atoms with Crippen LogP contribution in [0, 0.1) is 0 Å². The highest BCUT2D eigenvalue weighted by Crippen LogP contribution is 2.29. The largest absolute Gasteiger partial charge is 0.533 e. The summed E-state index contributed by atoms with van der Waals surface area (Å²) in [7, 11) is 1.72. The van der Waals surface area contributed by atoms with Gasteiger partial charge in [0.1, 0.15) is 11.4 Å². The van der Waals surface area contributed by atoms with Gasteiger partial charge >= 0.3 is 9.45 Å². The molecule has 0 heterocycles. The van der Waals surface area contributed by atoms with Crippen molar-refractivity contribution in [1.82, 2.24) is 0 Å². The van der Waals surface area contributed by atoms with Gasteiger partial charge in [-0.2, -0.15) is 0 Å². The Hall–Kier alpha value is -1.82. The minimum Gasteiger partial charge on any atom is -0.488 e. The van der Waals surface area contributed by atoms with Crippen molar-refractivity contribution in [2.24, 2.45) is 0 Å². The van der Waals surface area contributed by atoms with E-state index in [9.17, 15) is 0 Å². The third kappa shape index (κ3) is 4.82. The van der Waals surface area contributed by atoms with E-state index < -0.39 is 9.45 Å². The summed E-state index contributed by atoms with van der Waals surface area (Å²) in [5.41, 5.74) is 1.83. The Balaban J connectivity index is 2.32. The molecule has 0 fully saturated rings. The molecule has 0 bridgehead atoms. The zero-order chi connectivity index (χ0) is 16.9. The SMILES string of the molecule is CO[Si](OC)N(c1ccccc1)c1ccc(OC(C)(C)C)cc1. The van der Waals surface area contributed by atoms with E-state index >= 15 is 0 Å². The summed E-state index contributed by atoms with van der Waals surface area (Å²) in [5, 5.41) is 0. The number of benzene rings is 2. The fraction of sp³-hybridized carbons (Fsp3) is 0.333. The van der Waals surface area contributed by atoms with Gasteiger partial charge in [-0.15, -0.1) is 0 Å². The van der Waals surface area contributed by atoms with E-state index in [-0.39, 0.29) is 5.60 Å². The topological polar surface area (TPSA) is 30.9 Å². The standard InChI is InChI=1S/C18H24NO3Si/c1-18(2,3)22-17-13-11-16(12-14-17)19(23(20-4)21-5)15-9-7-6-8-10-15/h6-14H,1-5H3. The van der Waals surface area contributed by atoms with Crippen molar-refractivity contribution in [2.75, 3.05) is 18.8 Å². The molecule has 0 aliphatic carbocycles. The van der Waals surface area contributed by atoms with Crippen LogP contribution in [0.25, 0.3) is 0 Å². The second kappa shape index (κ2) is 7.63. The maximum atomic E-state index is 5.88. The molecule has 0 aromatic heterocycles. The van der Waals surface area contributed by atoms with Crippen molar-refractivity contribution in [1.29, 1.82) is 0 Å². The summed E-state index contributed by atoms with van der Waals surface area (Å²) in [5.74, 6) is 0.845. The Labute approximate surface area is 140 Å². The zero-order valence-electron chi connectivity index (χ0n) is 14.4. The van der Waals surface area contributed by atoms with Crippen LogP contribution in [-0.2, 0) is 8.85 Å². The predicted molar refractivity (Wildman–Crippen MR) is 95.2 cm³/mol. The Bertz CT molecular complexity index is 592. The zero-order valence-corrected chi connectivity index (χ0v) is 15.4. The Morgan fingerprint density at radius 2 is 1.30 bits per heavy atom. The molecule has 5 heteroatoms. The van der Waals surface area contributed by atoms with E-state index in [1.807, 2.05) is 75.4 Å². The van der Waals surface area contributed by atoms with Gasteiger partial charge in [0, 0.05) is 25.6 Å². The molecule has 0 saturated heterocycles. The number of rotatable bonds is 6. The van der Waals surface area contributed by atoms with E-state index in [0.717, 1.165) is 17.1 Å². The highest BCUT2D eigenvalue weighted by Gasteiger charge is 2.26. The number of anilines is 2. The monoisotopic (exact) mass is 330 g/mol. The molecular weight excluding hydrogens is 306 g/mol. The minimum atomic E-state index is -1.62. The van der Waals surface area contributed by atoms with Crippen molar-refractivity contribution < 1.29 is 13.6 Å². The first kappa shape index (κ1) is 17.5. The summed E-state index contributed by atoms with van der Waals surface area (Å²) in [6, 6.07) is 18.1. The fourth-order valence-corrected chi connectivity index (χ4v) is 3.47. The van der Waals surface area contributed by atoms with Crippen LogP contribution in [0.4, 0.5) is 11.4 Å². The van der Waals surface area contributed by atoms with E-state index in [0.29, 0.717) is 0 Å². The van der Waals surface area contributed by atoms with Crippen LogP contribution < -0.4 is 9.30 Å². The van der Waals surface area contributed by atoms with Crippen LogP contribution in [0.2, 0.25) is 0 Å². The molecule has 0 saturated carbocycles. The molecular formula is C18H24NO3Si. The lowest BCUT2D eigenvalue weighted by molar-refractivity contribution is 0.131. The summed E-state index contributed by atoms with van der Waals surface area (Å²) < 4.78 is 19.1. The molecule has 23 heavy (non-hydrogen) atoms. The third-order valence-corrected chi connectivity index (χ3v) is 4.65. The first-order valence-corrected chi connectivity index (χ1v) is 8.80. The lowest BCUT2D eigenvalue weighted by atomic mass is 10.2. The number of para-hydroxylation sites is 1. The average molecular weight is 330 g/mol. The maximum absolute atomic E-state index is 5.88. The molecule has 4 nitrogen and oxygen atoms in total. The second-order valence-electron chi connectivity index (χ2n) is 6.05. The van der Waals surface area contributed by atoms with Gasteiger partial charge < -0.3 is 18.2 Å². The molecule has 0 aliphatic heterocycles. The highest BCUT2D eigenvalue weighted by molar-refractivity contribution is 6.52. The smallest absolute Gasteiger partial charge is 0.488 e. The van der Waals surface area contributed by atoms with E-state index in [1.165, 1.54) is 0 Å². The molecule has 123 valence electrons. The van der Waals surface area contributed by atoms with Gasteiger partial charge in [-0.1, -0.05) is 18.2 Å². The van der Waals surface area contributed by atoms with Crippen molar-refractivity contribution in [3.05, 3.63) is 54.6 Å². The number of hydrogen-bond acceptors (Lipinski definition) is 4. The van der Waals surface area contributed by atoms with Crippen LogP contribution >= 0.6 is 0 Å². The van der Waals surface area contributed by atoms with Gasteiger partial charge in [0.25, 0.3) is 0 Å². The van der Waals surface area contributed by atoms with Gasteiger partial charge in [-0.3, -0.25) is 0 Å². The molecule has 0 atom stereocenters. The fourth-order valence-electron chi connectivity index (χ4n) is 2.22. The van der Waals surface area contributed by atoms with Gasteiger partial charge in [-0.05, 0) is 57.2 Å². The summed E-state index contributed by atoms with van der Waals surface area (Å²) in [6.45, 7) is 6.11. The molecule has 1 radical (unpaired) electrons. The molecule has 0 aliphatic rings. The average Bonchev–Trinajstić information content (AvgIpc) is 2.53. The van der Waals surface area contributed by atoms with Crippen LogP contribution in [-0.4, -0.2) is 29.3 Å². The van der Waals surface area contributed by atoms with Gasteiger partial charge in [0.05, 0.1) is 0 Å². The van der Waals surface area contributed by atoms with Crippen molar-refractivity contribution >= 4 is 20.8 Å². The van der Waals surface area contributed by atoms with E-state index in [4.69, 9.17) is 13.6 Å². The van der Waals surface area contributed by atoms with Crippen molar-refractivity contribution in [3.63, 3.8) is 0 Å². The van der Waals surface area contributed by atoms with Crippen molar-refractivity contribution in [3.8, 4) is 5.75 Å². The third-order valence-electron chi connectivity index (χ3n) is 3.07. The van der Waals surface area contributed by atoms with Crippen LogP contribution in [0.1, 0.15) is 20.8 Å². The summed E-state index contributed by atoms with van der Waals surface area (Å²) in [6.07, 6.45) is 0. The molecule has 2 rings (SSSR count). The summed E-state index contributed by atoms with van der Waals surface area (Å²) >= 11 is 0. The number of nitrogens with zero attached hydrogens (tertiary/aromatic N) is 1. The molecule has 2 aromatic rings. The van der Waals surface area contributed by atoms with Gasteiger partial charge in [0.15, 0.2) is 0 Å². The quantitative estimate of drug-likeness (QED) is 0.740. The lowest BCUT2D eigenvalue weighted by Crippen LogP contribution is -2.39. The van der Waals surface area contributed by atoms with Gasteiger partial charge in [-0.25, -0.2) is 0 Å². The Kier molecular flexibility index (Phi) is 5.82. The van der Waals surface area contributed by atoms with Crippen LogP contribution in [0.5, 0.6) is 5.75 Å². The van der Waals surface area contributed by atoms with E-state index in [2.05, 4.69) is 4.57 Å². The molecule has 0 unspecified atom stereocenters. The van der Waals surface area contributed by atoms with E-state index in [1.54, 1.807) is 14.2 Å². The van der Waals surface area contributed by atoms with Gasteiger partial charge in [0.2, 0.25) is 0 Å². The first-order chi connectivity index (χ1) is 10.9. The number of hydrogen-bond donors (Lipinski definition) is 0. The normalized spacial score (nSPS) is 11.6. The Morgan fingerprint density at radius 3 is 1.78 bits per heavy atom. The van der Waals surface area contributed by atoms with Crippen LogP contribution in [0.3, 0.4) is 0 Å². The number of ether oxygens (including phenoxy) is 1.